The molecular formula is C24H29N3O2S. The lowest BCUT2D eigenvalue weighted by Gasteiger charge is -2.33. The Morgan fingerprint density at radius 1 is 1.30 bits per heavy atom. The normalized spacial score (nSPS) is 17.6. The van der Waals surface area contributed by atoms with E-state index in [1.165, 1.54) is 15.8 Å². The Morgan fingerprint density at radius 3 is 2.73 bits per heavy atom. The summed E-state index contributed by atoms with van der Waals surface area (Å²) in [4.78, 5) is 32.8. The van der Waals surface area contributed by atoms with Gasteiger partial charge in [0, 0.05) is 10.6 Å². The van der Waals surface area contributed by atoms with Gasteiger partial charge in [0.2, 0.25) is 5.91 Å². The molecule has 0 radical (unpaired) electrons. The van der Waals surface area contributed by atoms with Gasteiger partial charge in [0.15, 0.2) is 0 Å². The highest BCUT2D eigenvalue weighted by molar-refractivity contribution is 7.18. The average Bonchev–Trinajstić information content (AvgIpc) is 3.07. The predicted molar refractivity (Wildman–Crippen MR) is 123 cm³/mol. The first-order valence-electron chi connectivity index (χ1n) is 10.5. The maximum Gasteiger partial charge on any atom is 0.263 e. The number of hydrogen-bond donors (Lipinski definition) is 1. The number of carbonyl (C=O) groups excluding carboxylic acids is 1. The topological polar surface area (TPSA) is 64.0 Å². The molecular weight excluding hydrogens is 394 g/mol. The fourth-order valence-electron chi connectivity index (χ4n) is 4.27. The molecule has 4 rings (SSSR count). The number of nitrogens with zero attached hydrogens (tertiary/aromatic N) is 2. The number of thiophene rings is 1. The lowest BCUT2D eigenvalue weighted by Crippen LogP contribution is -2.32. The second kappa shape index (κ2) is 7.65. The lowest BCUT2D eigenvalue weighted by molar-refractivity contribution is -0.118. The molecule has 0 bridgehead atoms. The Hall–Kier alpha value is -2.47. The van der Waals surface area contributed by atoms with E-state index in [4.69, 9.17) is 0 Å². The quantitative estimate of drug-likeness (QED) is 0.636. The van der Waals surface area contributed by atoms with Crippen molar-refractivity contribution in [3.05, 3.63) is 57.0 Å². The van der Waals surface area contributed by atoms with Crippen molar-refractivity contribution in [1.29, 1.82) is 0 Å². The third kappa shape index (κ3) is 3.69. The first-order valence-corrected chi connectivity index (χ1v) is 11.4. The lowest BCUT2D eigenvalue weighted by atomic mass is 9.72. The van der Waals surface area contributed by atoms with Crippen LogP contribution in [0.15, 0.2) is 35.4 Å². The molecule has 3 aromatic rings. The van der Waals surface area contributed by atoms with Crippen LogP contribution in [0.3, 0.4) is 0 Å². The SMILES string of the molecule is Cc1ccccc1NC(=O)[C@@H](C)n1cnc2sc3c(c2c1=O)CC[C@H](C(C)(C)C)C3. The van der Waals surface area contributed by atoms with E-state index in [0.29, 0.717) is 11.3 Å². The van der Waals surface area contributed by atoms with Crippen molar-refractivity contribution < 1.29 is 4.79 Å². The summed E-state index contributed by atoms with van der Waals surface area (Å²) >= 11 is 1.64. The van der Waals surface area contributed by atoms with Gasteiger partial charge in [-0.25, -0.2) is 4.98 Å². The average molecular weight is 424 g/mol. The molecule has 1 aliphatic rings. The summed E-state index contributed by atoms with van der Waals surface area (Å²) in [6, 6.07) is 6.99. The molecule has 2 heterocycles. The molecule has 6 heteroatoms. The summed E-state index contributed by atoms with van der Waals surface area (Å²) in [7, 11) is 0. The van der Waals surface area contributed by atoms with Crippen molar-refractivity contribution in [2.75, 3.05) is 5.32 Å². The van der Waals surface area contributed by atoms with E-state index in [1.807, 2.05) is 31.2 Å². The Labute approximate surface area is 181 Å². The van der Waals surface area contributed by atoms with Crippen molar-refractivity contribution in [3.8, 4) is 0 Å². The number of fused-ring (bicyclic) bond motifs is 3. The summed E-state index contributed by atoms with van der Waals surface area (Å²) in [5.41, 5.74) is 3.04. The van der Waals surface area contributed by atoms with Crippen LogP contribution < -0.4 is 10.9 Å². The van der Waals surface area contributed by atoms with Gasteiger partial charge in [-0.2, -0.15) is 0 Å². The molecule has 2 atom stereocenters. The monoisotopic (exact) mass is 423 g/mol. The smallest absolute Gasteiger partial charge is 0.263 e. The van der Waals surface area contributed by atoms with Crippen LogP contribution in [0.2, 0.25) is 0 Å². The number of nitrogens with one attached hydrogen (secondary N) is 1. The minimum atomic E-state index is -0.643. The van der Waals surface area contributed by atoms with Gasteiger partial charge in [0.05, 0.1) is 11.7 Å². The molecule has 1 aliphatic carbocycles. The van der Waals surface area contributed by atoms with Gasteiger partial charge in [-0.15, -0.1) is 11.3 Å². The second-order valence-corrected chi connectivity index (χ2v) is 10.5. The summed E-state index contributed by atoms with van der Waals surface area (Å²) in [5.74, 6) is 0.392. The zero-order valence-electron chi connectivity index (χ0n) is 18.3. The van der Waals surface area contributed by atoms with E-state index >= 15 is 0 Å². The standard InChI is InChI=1S/C24H29N3O2S/c1-14-8-6-7-9-18(14)26-21(28)15(2)27-13-25-22-20(23(27)29)17-11-10-16(24(3,4)5)12-19(17)30-22/h6-9,13,15-16H,10-12H2,1-5H3,(H,26,28)/t15-,16+/m1/s1. The Bertz CT molecular complexity index is 1170. The van der Waals surface area contributed by atoms with Gasteiger partial charge in [-0.3, -0.25) is 14.2 Å². The number of anilines is 1. The van der Waals surface area contributed by atoms with Crippen LogP contribution in [-0.2, 0) is 17.6 Å². The van der Waals surface area contributed by atoms with Gasteiger partial charge in [0.1, 0.15) is 10.9 Å². The van der Waals surface area contributed by atoms with Gasteiger partial charge in [0.25, 0.3) is 5.56 Å². The number of hydrogen-bond acceptors (Lipinski definition) is 4. The molecule has 0 saturated carbocycles. The van der Waals surface area contributed by atoms with Gasteiger partial charge in [-0.05, 0) is 61.6 Å². The Morgan fingerprint density at radius 2 is 2.03 bits per heavy atom. The highest BCUT2D eigenvalue weighted by atomic mass is 32.1. The molecule has 0 spiro atoms. The molecule has 5 nitrogen and oxygen atoms in total. The zero-order valence-corrected chi connectivity index (χ0v) is 19.1. The van der Waals surface area contributed by atoms with Gasteiger partial charge < -0.3 is 5.32 Å². The molecule has 1 N–H and O–H groups in total. The summed E-state index contributed by atoms with van der Waals surface area (Å²) in [5, 5.41) is 3.65. The van der Waals surface area contributed by atoms with Crippen LogP contribution in [0, 0.1) is 18.3 Å². The number of amides is 1. The van der Waals surface area contributed by atoms with Crippen LogP contribution in [0.1, 0.15) is 56.2 Å². The molecule has 0 saturated heterocycles. The number of aryl methyl sites for hydroxylation is 2. The molecule has 0 fully saturated rings. The number of para-hydroxylation sites is 1. The third-order valence-corrected chi connectivity index (χ3v) is 7.58. The molecule has 0 aliphatic heterocycles. The van der Waals surface area contributed by atoms with E-state index in [1.54, 1.807) is 18.3 Å². The minimum Gasteiger partial charge on any atom is -0.324 e. The fraction of sp³-hybridized carbons (Fsp3) is 0.458. The van der Waals surface area contributed by atoms with E-state index in [-0.39, 0.29) is 16.9 Å². The highest BCUT2D eigenvalue weighted by Crippen LogP contribution is 2.42. The first-order chi connectivity index (χ1) is 14.2. The number of carbonyl (C=O) groups is 1. The first kappa shape index (κ1) is 20.8. The zero-order chi connectivity index (χ0) is 21.6. The van der Waals surface area contributed by atoms with Crippen LogP contribution >= 0.6 is 11.3 Å². The molecule has 1 amide bonds. The van der Waals surface area contributed by atoms with Crippen LogP contribution in [-0.4, -0.2) is 15.5 Å². The maximum atomic E-state index is 13.4. The number of rotatable bonds is 3. The van der Waals surface area contributed by atoms with Crippen LogP contribution in [0.25, 0.3) is 10.2 Å². The highest BCUT2D eigenvalue weighted by Gasteiger charge is 2.32. The van der Waals surface area contributed by atoms with Gasteiger partial charge >= 0.3 is 0 Å². The molecule has 0 unspecified atom stereocenters. The molecule has 1 aromatic carbocycles. The van der Waals surface area contributed by atoms with E-state index < -0.39 is 6.04 Å². The van der Waals surface area contributed by atoms with E-state index in [0.717, 1.165) is 40.9 Å². The van der Waals surface area contributed by atoms with E-state index in [9.17, 15) is 9.59 Å². The Balaban J connectivity index is 1.66. The number of benzene rings is 1. The van der Waals surface area contributed by atoms with Crippen molar-refractivity contribution in [3.63, 3.8) is 0 Å². The van der Waals surface area contributed by atoms with Crippen molar-refractivity contribution >= 4 is 33.1 Å². The maximum absolute atomic E-state index is 13.4. The fourth-order valence-corrected chi connectivity index (χ4v) is 5.53. The summed E-state index contributed by atoms with van der Waals surface area (Å²) in [6.45, 7) is 10.6. The Kier molecular flexibility index (Phi) is 5.30. The predicted octanol–water partition coefficient (Wildman–Crippen LogP) is 5.12. The molecule has 30 heavy (non-hydrogen) atoms. The molecule has 2 aromatic heterocycles. The van der Waals surface area contributed by atoms with Crippen LogP contribution in [0.4, 0.5) is 5.69 Å². The van der Waals surface area contributed by atoms with E-state index in [2.05, 4.69) is 31.1 Å². The molecule has 158 valence electrons. The summed E-state index contributed by atoms with van der Waals surface area (Å²) < 4.78 is 1.47. The van der Waals surface area contributed by atoms with Crippen LogP contribution in [0.5, 0.6) is 0 Å². The third-order valence-electron chi connectivity index (χ3n) is 6.42. The number of aromatic nitrogens is 2. The summed E-state index contributed by atoms with van der Waals surface area (Å²) in [6.07, 6.45) is 4.51. The van der Waals surface area contributed by atoms with Gasteiger partial charge in [-0.1, -0.05) is 39.0 Å². The largest absolute Gasteiger partial charge is 0.324 e. The minimum absolute atomic E-state index is 0.112. The van der Waals surface area contributed by atoms with Crippen molar-refractivity contribution in [2.24, 2.45) is 11.3 Å². The second-order valence-electron chi connectivity index (χ2n) is 9.43. The van der Waals surface area contributed by atoms with Crippen molar-refractivity contribution in [2.45, 2.75) is 59.9 Å². The van der Waals surface area contributed by atoms with Crippen molar-refractivity contribution in [1.82, 2.24) is 9.55 Å².